The number of carboxylic acids is 1. The van der Waals surface area contributed by atoms with E-state index >= 15 is 0 Å². The largest absolute Gasteiger partial charge is 0.480 e. The molecule has 3 unspecified atom stereocenters. The number of aliphatic carboxylic acids is 1. The first-order valence-electron chi connectivity index (χ1n) is 8.33. The number of thiol groups is 2. The minimum Gasteiger partial charge on any atom is -0.480 e. The molecule has 1 aromatic rings. The number of rotatable bonds is 8. The van der Waals surface area contributed by atoms with Gasteiger partial charge in [-0.2, -0.15) is 25.3 Å². The maximum absolute atomic E-state index is 12.8. The average molecular weight is 428 g/mol. The molecule has 2 rings (SSSR count). The van der Waals surface area contributed by atoms with Crippen LogP contribution in [0.1, 0.15) is 30.1 Å². The lowest BCUT2D eigenvalue weighted by Crippen LogP contribution is -2.47. The van der Waals surface area contributed by atoms with E-state index in [0.29, 0.717) is 5.56 Å². The maximum Gasteiger partial charge on any atom is 0.327 e. The molecule has 1 aromatic carbocycles. The van der Waals surface area contributed by atoms with Crippen LogP contribution in [0.15, 0.2) is 30.3 Å². The lowest BCUT2D eigenvalue weighted by molar-refractivity contribution is -0.149. The standard InChI is InChI=1S/C18H21NO5S3/c1-10(20)13(25)8-16-19(12(9-27-16)18(23)24)15(21)7-14(26)17(22)11-5-3-2-4-6-11/h2-6,12-14,16,25-26H,7-9H2,1H3,(H,23,24)/t12-,13?,14?,16?/m0/s1. The van der Waals surface area contributed by atoms with E-state index in [-0.39, 0.29) is 30.2 Å². The Morgan fingerprint density at radius 1 is 1.19 bits per heavy atom. The summed E-state index contributed by atoms with van der Waals surface area (Å²) < 4.78 is 0. The van der Waals surface area contributed by atoms with E-state index in [4.69, 9.17) is 0 Å². The summed E-state index contributed by atoms with van der Waals surface area (Å²) in [5, 5.41) is 7.51. The molecule has 6 nitrogen and oxygen atoms in total. The minimum absolute atomic E-state index is 0.142. The molecule has 4 atom stereocenters. The highest BCUT2D eigenvalue weighted by atomic mass is 32.2. The average Bonchev–Trinajstić information content (AvgIpc) is 3.05. The van der Waals surface area contributed by atoms with Crippen molar-refractivity contribution in [1.82, 2.24) is 4.90 Å². The smallest absolute Gasteiger partial charge is 0.327 e. The van der Waals surface area contributed by atoms with Gasteiger partial charge in [0.2, 0.25) is 5.91 Å². The van der Waals surface area contributed by atoms with Gasteiger partial charge in [0.15, 0.2) is 5.78 Å². The lowest BCUT2D eigenvalue weighted by atomic mass is 10.1. The molecule has 0 aliphatic carbocycles. The summed E-state index contributed by atoms with van der Waals surface area (Å²) in [6, 6.07) is 7.51. The normalized spacial score (nSPS) is 21.5. The Kier molecular flexibility index (Phi) is 7.81. The monoisotopic (exact) mass is 427 g/mol. The molecule has 0 spiro atoms. The number of carbonyl (C=O) groups is 4. The van der Waals surface area contributed by atoms with Gasteiger partial charge < -0.3 is 10.0 Å². The van der Waals surface area contributed by atoms with Gasteiger partial charge in [0.25, 0.3) is 0 Å². The lowest BCUT2D eigenvalue weighted by Gasteiger charge is -2.29. The zero-order valence-corrected chi connectivity index (χ0v) is 17.3. The van der Waals surface area contributed by atoms with Crippen molar-refractivity contribution >= 4 is 60.5 Å². The predicted octanol–water partition coefficient (Wildman–Crippen LogP) is 2.19. The van der Waals surface area contributed by atoms with Crippen molar-refractivity contribution in [1.29, 1.82) is 0 Å². The van der Waals surface area contributed by atoms with Gasteiger partial charge in [-0.05, 0) is 13.3 Å². The van der Waals surface area contributed by atoms with Gasteiger partial charge in [-0.15, -0.1) is 11.8 Å². The summed E-state index contributed by atoms with van der Waals surface area (Å²) in [5.41, 5.74) is 0.444. The highest BCUT2D eigenvalue weighted by Crippen LogP contribution is 2.34. The molecular formula is C18H21NO5S3. The van der Waals surface area contributed by atoms with E-state index in [0.717, 1.165) is 0 Å². The van der Waals surface area contributed by atoms with Gasteiger partial charge in [-0.3, -0.25) is 14.4 Å². The molecule has 0 aromatic heterocycles. The van der Waals surface area contributed by atoms with Gasteiger partial charge >= 0.3 is 5.97 Å². The van der Waals surface area contributed by atoms with Crippen LogP contribution in [0.2, 0.25) is 0 Å². The second kappa shape index (κ2) is 9.66. The summed E-state index contributed by atoms with van der Waals surface area (Å²) in [6.45, 7) is 1.40. The number of nitrogens with zero attached hydrogens (tertiary/aromatic N) is 1. The summed E-state index contributed by atoms with van der Waals surface area (Å²) in [6.07, 6.45) is 0.0392. The van der Waals surface area contributed by atoms with Gasteiger partial charge in [-0.1, -0.05) is 30.3 Å². The van der Waals surface area contributed by atoms with Crippen LogP contribution >= 0.6 is 37.0 Å². The second-order valence-electron chi connectivity index (χ2n) is 6.26. The van der Waals surface area contributed by atoms with Crippen LogP contribution in [-0.4, -0.2) is 61.1 Å². The van der Waals surface area contributed by atoms with Crippen molar-refractivity contribution in [2.45, 2.75) is 41.7 Å². The van der Waals surface area contributed by atoms with Crippen LogP contribution < -0.4 is 0 Å². The summed E-state index contributed by atoms with van der Waals surface area (Å²) in [5.74, 6) is -1.78. The number of hydrogen-bond donors (Lipinski definition) is 3. The van der Waals surface area contributed by atoms with E-state index in [2.05, 4.69) is 25.3 Å². The molecule has 27 heavy (non-hydrogen) atoms. The van der Waals surface area contributed by atoms with Gasteiger partial charge in [0.1, 0.15) is 11.8 Å². The molecule has 9 heteroatoms. The van der Waals surface area contributed by atoms with E-state index in [1.807, 2.05) is 0 Å². The second-order valence-corrected chi connectivity index (χ2v) is 8.71. The van der Waals surface area contributed by atoms with Gasteiger partial charge in [0.05, 0.1) is 15.9 Å². The van der Waals surface area contributed by atoms with E-state index < -0.39 is 33.8 Å². The Bertz CT molecular complexity index is 727. The number of amides is 1. The number of thioether (sulfide) groups is 1. The third-order valence-electron chi connectivity index (χ3n) is 4.29. The molecule has 1 heterocycles. The molecule has 146 valence electrons. The van der Waals surface area contributed by atoms with Crippen LogP contribution in [0.5, 0.6) is 0 Å². The number of hydrogen-bond acceptors (Lipinski definition) is 7. The highest BCUT2D eigenvalue weighted by molar-refractivity contribution is 8.00. The minimum atomic E-state index is -1.11. The third kappa shape index (κ3) is 5.52. The first-order chi connectivity index (χ1) is 12.7. The summed E-state index contributed by atoms with van der Waals surface area (Å²) >= 11 is 9.79. The van der Waals surface area contributed by atoms with Crippen LogP contribution in [0, 0.1) is 0 Å². The zero-order valence-electron chi connectivity index (χ0n) is 14.6. The molecule has 0 saturated carbocycles. The van der Waals surface area contributed by atoms with E-state index in [9.17, 15) is 24.3 Å². The fourth-order valence-electron chi connectivity index (χ4n) is 2.79. The number of carboxylic acid groups (broad SMARTS) is 1. The number of benzene rings is 1. The third-order valence-corrected chi connectivity index (χ3v) is 6.59. The Morgan fingerprint density at radius 3 is 2.37 bits per heavy atom. The van der Waals surface area contributed by atoms with E-state index in [1.165, 1.54) is 23.6 Å². The van der Waals surface area contributed by atoms with Gasteiger partial charge in [-0.25, -0.2) is 4.79 Å². The van der Waals surface area contributed by atoms with Crippen LogP contribution in [0.3, 0.4) is 0 Å². The van der Waals surface area contributed by atoms with Crippen LogP contribution in [0.25, 0.3) is 0 Å². The van der Waals surface area contributed by atoms with Gasteiger partial charge in [0, 0.05) is 17.7 Å². The summed E-state index contributed by atoms with van der Waals surface area (Å²) in [7, 11) is 0. The number of carbonyl (C=O) groups excluding carboxylic acids is 3. The first kappa shape index (κ1) is 21.8. The van der Waals surface area contributed by atoms with Crippen LogP contribution in [-0.2, 0) is 14.4 Å². The van der Waals surface area contributed by atoms with Crippen molar-refractivity contribution in [3.8, 4) is 0 Å². The zero-order chi connectivity index (χ0) is 20.1. The Hall–Kier alpha value is -1.45. The highest BCUT2D eigenvalue weighted by Gasteiger charge is 2.43. The van der Waals surface area contributed by atoms with Crippen molar-refractivity contribution in [2.24, 2.45) is 0 Å². The van der Waals surface area contributed by atoms with Crippen molar-refractivity contribution in [2.75, 3.05) is 5.75 Å². The molecule has 1 aliphatic heterocycles. The number of ketones is 2. The van der Waals surface area contributed by atoms with Crippen molar-refractivity contribution in [3.63, 3.8) is 0 Å². The summed E-state index contributed by atoms with van der Waals surface area (Å²) in [4.78, 5) is 49.5. The Morgan fingerprint density at radius 2 is 1.81 bits per heavy atom. The van der Waals surface area contributed by atoms with E-state index in [1.54, 1.807) is 30.3 Å². The molecule has 0 radical (unpaired) electrons. The Balaban J connectivity index is 2.12. The predicted molar refractivity (Wildman–Crippen MR) is 111 cm³/mol. The SMILES string of the molecule is CC(=O)C(S)CC1SC[C@@H](C(=O)O)N1C(=O)CC(S)C(=O)c1ccccc1. The Labute approximate surface area is 172 Å². The fourth-order valence-corrected chi connectivity index (χ4v) is 4.89. The quantitative estimate of drug-likeness (QED) is 0.435. The molecule has 1 amide bonds. The molecule has 1 N–H and O–H groups in total. The molecule has 1 aliphatic rings. The van der Waals surface area contributed by atoms with Crippen LogP contribution in [0.4, 0.5) is 0 Å². The topological polar surface area (TPSA) is 91.8 Å². The molecule has 1 saturated heterocycles. The first-order valence-corrected chi connectivity index (χ1v) is 10.4. The molecule has 0 bridgehead atoms. The maximum atomic E-state index is 12.8. The molecular weight excluding hydrogens is 406 g/mol. The molecule has 1 fully saturated rings. The number of Topliss-reactive ketones (excluding diaryl/α,β-unsaturated/α-hetero) is 2. The van der Waals surface area contributed by atoms with Crippen molar-refractivity contribution in [3.05, 3.63) is 35.9 Å². The fraction of sp³-hybridized carbons (Fsp3) is 0.444. The van der Waals surface area contributed by atoms with Crippen molar-refractivity contribution < 1.29 is 24.3 Å².